The van der Waals surface area contributed by atoms with Gasteiger partial charge in [-0.15, -0.1) is 0 Å². The molecule has 1 aliphatic rings. The molecule has 1 aliphatic heterocycles. The van der Waals surface area contributed by atoms with E-state index in [0.717, 1.165) is 19.6 Å². The summed E-state index contributed by atoms with van der Waals surface area (Å²) < 4.78 is 31.4. The molecular weight excluding hydrogens is 348 g/mol. The Morgan fingerprint density at radius 3 is 2.65 bits per heavy atom. The minimum Gasteiger partial charge on any atom is -0.450 e. The number of likely N-dealkylation sites (N-methyl/N-ethyl adjacent to an activating group) is 1. The summed E-state index contributed by atoms with van der Waals surface area (Å²) in [6.07, 6.45) is 2.37. The van der Waals surface area contributed by atoms with Gasteiger partial charge in [0.05, 0.1) is 0 Å². The van der Waals surface area contributed by atoms with E-state index in [1.54, 1.807) is 7.05 Å². The summed E-state index contributed by atoms with van der Waals surface area (Å²) >= 11 is 3.09. The number of likely N-dealkylation sites (tertiary alicyclic amines) is 1. The van der Waals surface area contributed by atoms with Crippen LogP contribution in [0.25, 0.3) is 0 Å². The molecule has 0 spiro atoms. The van der Waals surface area contributed by atoms with Crippen molar-refractivity contribution in [3.05, 3.63) is 16.5 Å². The smallest absolute Gasteiger partial charge is 0.247 e. The Hall–Kier alpha value is -0.410. The molecule has 1 fully saturated rings. The highest BCUT2D eigenvalue weighted by Gasteiger charge is 2.27. The van der Waals surface area contributed by atoms with Crippen LogP contribution in [0, 0.1) is 0 Å². The molecule has 8 heteroatoms. The van der Waals surface area contributed by atoms with Crippen LogP contribution in [0.5, 0.6) is 0 Å². The monoisotopic (exact) mass is 366 g/mol. The molecule has 2 rings (SSSR count). The van der Waals surface area contributed by atoms with Crippen molar-refractivity contribution in [2.45, 2.75) is 24.3 Å². The Bertz CT molecular complexity index is 552. The van der Waals surface area contributed by atoms with Gasteiger partial charge < -0.3 is 14.4 Å². The Balaban J connectivity index is 2.05. The second-order valence-electron chi connectivity index (χ2n) is 4.88. The summed E-state index contributed by atoms with van der Waals surface area (Å²) in [5.41, 5.74) is 0. The summed E-state index contributed by atoms with van der Waals surface area (Å²) in [5, 5.41) is 9.00. The third kappa shape index (κ3) is 3.43. The van der Waals surface area contributed by atoms with Crippen LogP contribution in [0.3, 0.4) is 0 Å². The molecule has 114 valence electrons. The van der Waals surface area contributed by atoms with Gasteiger partial charge in [-0.1, -0.05) is 0 Å². The van der Waals surface area contributed by atoms with Gasteiger partial charge >= 0.3 is 0 Å². The summed E-state index contributed by atoms with van der Waals surface area (Å²) in [7, 11) is -2.04. The highest BCUT2D eigenvalue weighted by Crippen LogP contribution is 2.28. The Morgan fingerprint density at radius 1 is 1.45 bits per heavy atom. The van der Waals surface area contributed by atoms with Gasteiger partial charge in [0.2, 0.25) is 10.0 Å². The molecule has 0 radical (unpaired) electrons. The highest BCUT2D eigenvalue weighted by atomic mass is 79.9. The molecule has 1 aromatic rings. The third-order valence-electron chi connectivity index (χ3n) is 3.48. The Labute approximate surface area is 127 Å². The number of hydrogen-bond donors (Lipinski definition) is 1. The lowest BCUT2D eigenvalue weighted by molar-refractivity contribution is 0.245. The molecule has 1 N–H and O–H groups in total. The number of rotatable bonds is 6. The van der Waals surface area contributed by atoms with Gasteiger partial charge in [0.1, 0.15) is 17.3 Å². The number of halogens is 1. The molecule has 0 atom stereocenters. The lowest BCUT2D eigenvalue weighted by Gasteiger charge is -2.20. The second-order valence-corrected chi connectivity index (χ2v) is 7.62. The molecule has 0 aromatic carbocycles. The maximum atomic E-state index is 12.4. The number of furan rings is 1. The fraction of sp³-hybridized carbons (Fsp3) is 0.667. The number of aliphatic hydroxyl groups is 1. The molecule has 2 heterocycles. The van der Waals surface area contributed by atoms with Gasteiger partial charge in [0, 0.05) is 26.2 Å². The predicted octanol–water partition coefficient (Wildman–Crippen LogP) is 1.25. The maximum absolute atomic E-state index is 12.4. The molecule has 0 saturated carbocycles. The summed E-state index contributed by atoms with van der Waals surface area (Å²) in [5.74, 6) is 0.225. The van der Waals surface area contributed by atoms with Gasteiger partial charge in [0.15, 0.2) is 4.67 Å². The molecule has 0 amide bonds. The van der Waals surface area contributed by atoms with Crippen molar-refractivity contribution in [2.24, 2.45) is 0 Å². The Kier molecular flexibility index (Phi) is 5.25. The average molecular weight is 367 g/mol. The van der Waals surface area contributed by atoms with Crippen molar-refractivity contribution in [1.82, 2.24) is 9.21 Å². The quantitative estimate of drug-likeness (QED) is 0.819. The molecule has 0 aliphatic carbocycles. The van der Waals surface area contributed by atoms with Crippen LogP contribution in [-0.4, -0.2) is 56.0 Å². The van der Waals surface area contributed by atoms with Gasteiger partial charge in [-0.05, 0) is 41.9 Å². The van der Waals surface area contributed by atoms with E-state index in [1.165, 1.54) is 23.2 Å². The van der Waals surface area contributed by atoms with Crippen molar-refractivity contribution in [3.8, 4) is 0 Å². The zero-order chi connectivity index (χ0) is 14.8. The van der Waals surface area contributed by atoms with E-state index in [0.29, 0.717) is 6.54 Å². The van der Waals surface area contributed by atoms with Gasteiger partial charge in [-0.3, -0.25) is 0 Å². The fourth-order valence-corrected chi connectivity index (χ4v) is 4.35. The van der Waals surface area contributed by atoms with E-state index < -0.39 is 10.0 Å². The Morgan fingerprint density at radius 2 is 2.10 bits per heavy atom. The molecule has 1 saturated heterocycles. The first kappa shape index (κ1) is 16.0. The fourth-order valence-electron chi connectivity index (χ4n) is 2.23. The maximum Gasteiger partial charge on any atom is 0.247 e. The molecule has 1 aromatic heterocycles. The minimum atomic E-state index is -3.60. The van der Waals surface area contributed by atoms with Crippen molar-refractivity contribution < 1.29 is 17.9 Å². The van der Waals surface area contributed by atoms with Gasteiger partial charge in [0.25, 0.3) is 0 Å². The van der Waals surface area contributed by atoms with E-state index in [1.807, 2.05) is 0 Å². The number of sulfonamides is 1. The van der Waals surface area contributed by atoms with Gasteiger partial charge in [-0.25, -0.2) is 8.42 Å². The van der Waals surface area contributed by atoms with Crippen molar-refractivity contribution in [1.29, 1.82) is 0 Å². The first-order valence-corrected chi connectivity index (χ1v) is 8.76. The number of hydrogen-bond acceptors (Lipinski definition) is 5. The third-order valence-corrected chi connectivity index (χ3v) is 6.19. The summed E-state index contributed by atoms with van der Waals surface area (Å²) in [4.78, 5) is 2.32. The van der Waals surface area contributed by atoms with Crippen LogP contribution in [0.4, 0.5) is 0 Å². The highest BCUT2D eigenvalue weighted by molar-refractivity contribution is 9.10. The topological polar surface area (TPSA) is 74.0 Å². The van der Waals surface area contributed by atoms with Crippen molar-refractivity contribution >= 4 is 26.0 Å². The van der Waals surface area contributed by atoms with Crippen LogP contribution in [0.1, 0.15) is 18.6 Å². The zero-order valence-corrected chi connectivity index (χ0v) is 13.8. The van der Waals surface area contributed by atoms with Crippen molar-refractivity contribution in [2.75, 3.05) is 33.2 Å². The van der Waals surface area contributed by atoms with Crippen molar-refractivity contribution in [3.63, 3.8) is 0 Å². The SMILES string of the molecule is CN(CCN1CCCC1)S(=O)(=O)c1cc(CO)oc1Br. The molecule has 0 unspecified atom stereocenters. The molecule has 0 bridgehead atoms. The largest absolute Gasteiger partial charge is 0.450 e. The van der Waals surface area contributed by atoms with Gasteiger partial charge in [-0.2, -0.15) is 4.31 Å². The minimum absolute atomic E-state index is 0.0606. The van der Waals surface area contributed by atoms with E-state index in [4.69, 9.17) is 9.52 Å². The van der Waals surface area contributed by atoms with E-state index in [9.17, 15) is 8.42 Å². The molecular formula is C12H19BrN2O4S. The lowest BCUT2D eigenvalue weighted by atomic mass is 10.4. The summed E-state index contributed by atoms with van der Waals surface area (Å²) in [6.45, 7) is 2.92. The first-order chi connectivity index (χ1) is 9.45. The molecule has 6 nitrogen and oxygen atoms in total. The average Bonchev–Trinajstić information content (AvgIpc) is 3.04. The molecule has 20 heavy (non-hydrogen) atoms. The number of aliphatic hydroxyl groups excluding tert-OH is 1. The van der Waals surface area contributed by atoms with E-state index >= 15 is 0 Å². The van der Waals surface area contributed by atoms with Crippen LogP contribution >= 0.6 is 15.9 Å². The number of nitrogens with zero attached hydrogens (tertiary/aromatic N) is 2. The zero-order valence-electron chi connectivity index (χ0n) is 11.4. The van der Waals surface area contributed by atoms with Crippen LogP contribution < -0.4 is 0 Å². The predicted molar refractivity (Wildman–Crippen MR) is 77.8 cm³/mol. The lowest BCUT2D eigenvalue weighted by Crippen LogP contribution is -2.35. The van der Waals surface area contributed by atoms with Crippen LogP contribution in [0.15, 0.2) is 20.0 Å². The summed E-state index contributed by atoms with van der Waals surface area (Å²) in [6, 6.07) is 1.35. The second kappa shape index (κ2) is 6.57. The first-order valence-electron chi connectivity index (χ1n) is 6.53. The van der Waals surface area contributed by atoms with E-state index in [2.05, 4.69) is 20.8 Å². The van der Waals surface area contributed by atoms with Crippen LogP contribution in [-0.2, 0) is 16.6 Å². The van der Waals surface area contributed by atoms with E-state index in [-0.39, 0.29) is 21.9 Å². The standard InChI is InChI=1S/C12H19BrN2O4S/c1-14(6-7-15-4-2-3-5-15)20(17,18)11-8-10(9-16)19-12(11)13/h8,16H,2-7,9H2,1H3. The normalized spacial score (nSPS) is 17.2. The van der Waals surface area contributed by atoms with Crippen LogP contribution in [0.2, 0.25) is 0 Å².